The maximum absolute atomic E-state index is 11.4. The molecule has 1 aromatic heterocycles. The van der Waals surface area contributed by atoms with E-state index in [4.69, 9.17) is 4.52 Å². The fourth-order valence-corrected chi connectivity index (χ4v) is 3.08. The van der Waals surface area contributed by atoms with Gasteiger partial charge < -0.3 is 9.42 Å². The van der Waals surface area contributed by atoms with Gasteiger partial charge in [-0.15, -0.1) is 0 Å². The van der Waals surface area contributed by atoms with Gasteiger partial charge in [-0.2, -0.15) is 4.98 Å². The highest BCUT2D eigenvalue weighted by atomic mass is 16.5. The van der Waals surface area contributed by atoms with E-state index in [1.165, 1.54) is 0 Å². The highest BCUT2D eigenvalue weighted by molar-refractivity contribution is 5.94. The highest BCUT2D eigenvalue weighted by Crippen LogP contribution is 2.24. The summed E-state index contributed by atoms with van der Waals surface area (Å²) in [6.45, 7) is 11.6. The summed E-state index contributed by atoms with van der Waals surface area (Å²) in [5.74, 6) is 1.85. The molecule has 0 aliphatic carbocycles. The number of aromatic nitrogens is 2. The molecule has 6 heteroatoms. The lowest BCUT2D eigenvalue weighted by Gasteiger charge is -2.38. The molecule has 2 aromatic rings. The van der Waals surface area contributed by atoms with E-state index < -0.39 is 0 Å². The third-order valence-corrected chi connectivity index (χ3v) is 4.83. The average molecular weight is 342 g/mol. The van der Waals surface area contributed by atoms with Gasteiger partial charge in [-0.3, -0.25) is 9.69 Å². The zero-order chi connectivity index (χ0) is 18.0. The zero-order valence-corrected chi connectivity index (χ0v) is 15.4. The van der Waals surface area contributed by atoms with Crippen LogP contribution in [0.2, 0.25) is 0 Å². The molecule has 0 amide bonds. The molecule has 1 aliphatic heterocycles. The highest BCUT2D eigenvalue weighted by Gasteiger charge is 2.26. The first-order chi connectivity index (χ1) is 12.0. The van der Waals surface area contributed by atoms with Gasteiger partial charge in [0.2, 0.25) is 5.89 Å². The third-order valence-electron chi connectivity index (χ3n) is 4.83. The lowest BCUT2D eigenvalue weighted by molar-refractivity contribution is 0.101. The Hall–Kier alpha value is -2.21. The van der Waals surface area contributed by atoms with Crippen molar-refractivity contribution in [2.45, 2.75) is 39.7 Å². The number of carbonyl (C=O) groups is 1. The zero-order valence-electron chi connectivity index (χ0n) is 15.4. The number of piperazine rings is 1. The van der Waals surface area contributed by atoms with Crippen molar-refractivity contribution in [3.05, 3.63) is 41.5 Å². The Kier molecular flexibility index (Phi) is 5.18. The molecule has 1 atom stereocenters. The van der Waals surface area contributed by atoms with Gasteiger partial charge in [0, 0.05) is 43.3 Å². The molecule has 1 saturated heterocycles. The van der Waals surface area contributed by atoms with E-state index in [9.17, 15) is 4.79 Å². The minimum absolute atomic E-state index is 0.102. The number of hydrogen-bond donors (Lipinski definition) is 0. The smallest absolute Gasteiger partial charge is 0.243 e. The first kappa shape index (κ1) is 17.6. The standard InChI is InChI=1S/C19H26N4O2/c1-13(2)18-20-19(25-21-18)14(3)22-9-11-23(12-10-22)17-7-5-16(6-8-17)15(4)24/h5-8,13-14H,9-12H2,1-4H3. The molecule has 0 saturated carbocycles. The molecular weight excluding hydrogens is 316 g/mol. The number of nitrogens with zero attached hydrogens (tertiary/aromatic N) is 4. The van der Waals surface area contributed by atoms with E-state index in [1.807, 2.05) is 24.3 Å². The largest absolute Gasteiger partial charge is 0.369 e. The fourth-order valence-electron chi connectivity index (χ4n) is 3.08. The molecule has 1 aromatic carbocycles. The molecule has 6 nitrogen and oxygen atoms in total. The van der Waals surface area contributed by atoms with Crippen LogP contribution in [0.1, 0.15) is 61.7 Å². The number of carbonyl (C=O) groups excluding carboxylic acids is 1. The topological polar surface area (TPSA) is 62.5 Å². The van der Waals surface area contributed by atoms with Crippen LogP contribution in [0.3, 0.4) is 0 Å². The predicted molar refractivity (Wildman–Crippen MR) is 97.0 cm³/mol. The number of ketones is 1. The lowest BCUT2D eigenvalue weighted by Crippen LogP contribution is -2.47. The second kappa shape index (κ2) is 7.35. The van der Waals surface area contributed by atoms with Gasteiger partial charge in [0.25, 0.3) is 0 Å². The Labute approximate surface area is 148 Å². The van der Waals surface area contributed by atoms with Gasteiger partial charge in [-0.05, 0) is 38.1 Å². The molecular formula is C19H26N4O2. The summed E-state index contributed by atoms with van der Waals surface area (Å²) in [6.07, 6.45) is 0. The van der Waals surface area contributed by atoms with Crippen LogP contribution in [0, 0.1) is 0 Å². The molecule has 0 N–H and O–H groups in total. The van der Waals surface area contributed by atoms with Gasteiger partial charge in [0.15, 0.2) is 11.6 Å². The Morgan fingerprint density at radius 2 is 1.72 bits per heavy atom. The number of rotatable bonds is 5. The van der Waals surface area contributed by atoms with Crippen LogP contribution in [-0.4, -0.2) is 47.0 Å². The Balaban J connectivity index is 1.60. The summed E-state index contributed by atoms with van der Waals surface area (Å²) in [5, 5.41) is 4.07. The second-order valence-electron chi connectivity index (χ2n) is 6.95. The van der Waals surface area contributed by atoms with Gasteiger partial charge in [0.05, 0.1) is 6.04 Å². The Morgan fingerprint density at radius 1 is 1.08 bits per heavy atom. The van der Waals surface area contributed by atoms with E-state index in [-0.39, 0.29) is 17.7 Å². The normalized spacial score (nSPS) is 17.1. The summed E-state index contributed by atoms with van der Waals surface area (Å²) in [4.78, 5) is 20.6. The van der Waals surface area contributed by atoms with Gasteiger partial charge in [-0.25, -0.2) is 0 Å². The van der Waals surface area contributed by atoms with Crippen molar-refractivity contribution in [1.82, 2.24) is 15.0 Å². The van der Waals surface area contributed by atoms with Crippen LogP contribution in [0.15, 0.2) is 28.8 Å². The first-order valence-electron chi connectivity index (χ1n) is 8.89. The van der Waals surface area contributed by atoms with Crippen molar-refractivity contribution in [3.8, 4) is 0 Å². The maximum atomic E-state index is 11.4. The monoisotopic (exact) mass is 342 g/mol. The summed E-state index contributed by atoms with van der Waals surface area (Å²) in [5.41, 5.74) is 1.92. The van der Waals surface area contributed by atoms with E-state index in [1.54, 1.807) is 6.92 Å². The summed E-state index contributed by atoms with van der Waals surface area (Å²) in [7, 11) is 0. The number of Topliss-reactive ketones (excluding diaryl/α,β-unsaturated/α-hetero) is 1. The number of benzene rings is 1. The van der Waals surface area contributed by atoms with Crippen molar-refractivity contribution < 1.29 is 9.32 Å². The molecule has 1 unspecified atom stereocenters. The van der Waals surface area contributed by atoms with Crippen LogP contribution in [0.5, 0.6) is 0 Å². The fraction of sp³-hybridized carbons (Fsp3) is 0.526. The quantitative estimate of drug-likeness (QED) is 0.777. The van der Waals surface area contributed by atoms with E-state index >= 15 is 0 Å². The minimum Gasteiger partial charge on any atom is -0.369 e. The predicted octanol–water partition coefficient (Wildman–Crippen LogP) is 3.28. The summed E-state index contributed by atoms with van der Waals surface area (Å²) < 4.78 is 5.44. The van der Waals surface area contributed by atoms with Gasteiger partial charge in [0.1, 0.15) is 0 Å². The number of anilines is 1. The molecule has 1 fully saturated rings. The molecule has 0 radical (unpaired) electrons. The molecule has 134 valence electrons. The van der Waals surface area contributed by atoms with E-state index in [0.717, 1.165) is 43.3 Å². The summed E-state index contributed by atoms with van der Waals surface area (Å²) >= 11 is 0. The first-order valence-corrected chi connectivity index (χ1v) is 8.89. The molecule has 0 bridgehead atoms. The second-order valence-corrected chi connectivity index (χ2v) is 6.95. The van der Waals surface area contributed by atoms with E-state index in [0.29, 0.717) is 5.89 Å². The third kappa shape index (κ3) is 3.90. The Bertz CT molecular complexity index is 715. The van der Waals surface area contributed by atoms with Crippen LogP contribution >= 0.6 is 0 Å². The lowest BCUT2D eigenvalue weighted by atomic mass is 10.1. The molecule has 0 spiro atoms. The molecule has 25 heavy (non-hydrogen) atoms. The van der Waals surface area contributed by atoms with Crippen LogP contribution in [-0.2, 0) is 0 Å². The van der Waals surface area contributed by atoms with Crippen molar-refractivity contribution in [1.29, 1.82) is 0 Å². The van der Waals surface area contributed by atoms with Crippen LogP contribution in [0.25, 0.3) is 0 Å². The minimum atomic E-state index is 0.102. The van der Waals surface area contributed by atoms with Crippen LogP contribution in [0.4, 0.5) is 5.69 Å². The van der Waals surface area contributed by atoms with Crippen LogP contribution < -0.4 is 4.90 Å². The van der Waals surface area contributed by atoms with Crippen molar-refractivity contribution in [2.24, 2.45) is 0 Å². The van der Waals surface area contributed by atoms with Crippen molar-refractivity contribution in [2.75, 3.05) is 31.1 Å². The summed E-state index contributed by atoms with van der Waals surface area (Å²) in [6, 6.07) is 7.99. The van der Waals surface area contributed by atoms with Gasteiger partial charge in [-0.1, -0.05) is 19.0 Å². The van der Waals surface area contributed by atoms with Gasteiger partial charge >= 0.3 is 0 Å². The number of hydrogen-bond acceptors (Lipinski definition) is 6. The SMILES string of the molecule is CC(=O)c1ccc(N2CCN(C(C)c3nc(C(C)C)no3)CC2)cc1. The maximum Gasteiger partial charge on any atom is 0.243 e. The Morgan fingerprint density at radius 3 is 2.24 bits per heavy atom. The van der Waals surface area contributed by atoms with Crippen molar-refractivity contribution >= 4 is 11.5 Å². The van der Waals surface area contributed by atoms with E-state index in [2.05, 4.69) is 40.7 Å². The van der Waals surface area contributed by atoms with Crippen molar-refractivity contribution in [3.63, 3.8) is 0 Å². The molecule has 2 heterocycles. The molecule has 3 rings (SSSR count). The average Bonchev–Trinajstić information content (AvgIpc) is 3.12. The molecule has 1 aliphatic rings.